The van der Waals surface area contributed by atoms with E-state index >= 15 is 0 Å². The van der Waals surface area contributed by atoms with Gasteiger partial charge in [-0.15, -0.1) is 0 Å². The number of phenols is 1. The molecule has 2 N–H and O–H groups in total. The molecule has 1 aromatic heterocycles. The van der Waals surface area contributed by atoms with Crippen LogP contribution in [0.3, 0.4) is 0 Å². The minimum atomic E-state index is -0.0159. The number of rotatable bonds is 3. The van der Waals surface area contributed by atoms with Crippen molar-refractivity contribution in [2.24, 2.45) is 0 Å². The van der Waals surface area contributed by atoms with Crippen LogP contribution in [0.15, 0.2) is 22.7 Å². The Balaban J connectivity index is 2.39. The quantitative estimate of drug-likeness (QED) is 0.814. The van der Waals surface area contributed by atoms with Crippen LogP contribution in [0.4, 0.5) is 0 Å². The van der Waals surface area contributed by atoms with Crippen molar-refractivity contribution in [3.05, 3.63) is 29.6 Å². The fraction of sp³-hybridized carbons (Fsp3) is 0.273. The lowest BCUT2D eigenvalue weighted by Gasteiger charge is -2.01. The first-order chi connectivity index (χ1) is 7.72. The second-order valence-electron chi connectivity index (χ2n) is 3.44. The summed E-state index contributed by atoms with van der Waals surface area (Å²) in [5.41, 5.74) is 1.40. The first-order valence-electron chi connectivity index (χ1n) is 4.94. The van der Waals surface area contributed by atoms with Gasteiger partial charge < -0.3 is 14.7 Å². The molecular weight excluding hydrogens is 208 g/mol. The molecule has 0 saturated carbocycles. The second-order valence-corrected chi connectivity index (χ2v) is 3.44. The van der Waals surface area contributed by atoms with Crippen LogP contribution in [0.5, 0.6) is 5.75 Å². The first kappa shape index (κ1) is 10.6. The number of benzene rings is 1. The van der Waals surface area contributed by atoms with Crippen molar-refractivity contribution in [3.8, 4) is 17.2 Å². The number of nitrogens with zero attached hydrogens (tertiary/aromatic N) is 2. The molecule has 0 aliphatic carbocycles. The fourth-order valence-corrected chi connectivity index (χ4v) is 1.42. The molecule has 0 aliphatic rings. The van der Waals surface area contributed by atoms with Gasteiger partial charge in [-0.25, -0.2) is 0 Å². The van der Waals surface area contributed by atoms with E-state index in [1.807, 2.05) is 0 Å². The summed E-state index contributed by atoms with van der Waals surface area (Å²) in [5.74, 6) is 1.01. The SMILES string of the molecule is Cc1c(O)cccc1-c1nc(CCO)no1. The van der Waals surface area contributed by atoms with Gasteiger partial charge in [-0.1, -0.05) is 11.2 Å². The Kier molecular flexibility index (Phi) is 2.87. The number of aromatic hydroxyl groups is 1. The van der Waals surface area contributed by atoms with E-state index in [0.29, 0.717) is 29.3 Å². The Morgan fingerprint density at radius 2 is 2.19 bits per heavy atom. The fourth-order valence-electron chi connectivity index (χ4n) is 1.42. The minimum Gasteiger partial charge on any atom is -0.508 e. The van der Waals surface area contributed by atoms with Crippen molar-refractivity contribution >= 4 is 0 Å². The third-order valence-corrected chi connectivity index (χ3v) is 2.34. The van der Waals surface area contributed by atoms with E-state index in [-0.39, 0.29) is 12.4 Å². The van der Waals surface area contributed by atoms with Gasteiger partial charge in [0.1, 0.15) is 5.75 Å². The predicted octanol–water partition coefficient (Wildman–Crippen LogP) is 1.29. The molecule has 0 unspecified atom stereocenters. The third kappa shape index (κ3) is 1.90. The lowest BCUT2D eigenvalue weighted by Crippen LogP contribution is -1.92. The molecule has 5 heteroatoms. The highest BCUT2D eigenvalue weighted by Gasteiger charge is 2.12. The van der Waals surface area contributed by atoms with Crippen molar-refractivity contribution in [3.63, 3.8) is 0 Å². The molecule has 0 bridgehead atoms. The number of hydrogen-bond acceptors (Lipinski definition) is 5. The van der Waals surface area contributed by atoms with Crippen molar-refractivity contribution in [1.29, 1.82) is 0 Å². The molecule has 0 atom stereocenters. The average Bonchev–Trinajstić information content (AvgIpc) is 2.71. The van der Waals surface area contributed by atoms with E-state index in [4.69, 9.17) is 9.63 Å². The highest BCUT2D eigenvalue weighted by atomic mass is 16.5. The first-order valence-corrected chi connectivity index (χ1v) is 4.94. The number of phenolic OH excluding ortho intramolecular Hbond substituents is 1. The Morgan fingerprint density at radius 1 is 1.38 bits per heavy atom. The van der Waals surface area contributed by atoms with E-state index < -0.39 is 0 Å². The summed E-state index contributed by atoms with van der Waals surface area (Å²) in [5, 5.41) is 22.0. The summed E-state index contributed by atoms with van der Waals surface area (Å²) in [6.07, 6.45) is 0.362. The molecule has 84 valence electrons. The van der Waals surface area contributed by atoms with E-state index in [1.54, 1.807) is 25.1 Å². The minimum absolute atomic E-state index is 0.0159. The zero-order valence-electron chi connectivity index (χ0n) is 8.84. The summed E-state index contributed by atoms with van der Waals surface area (Å²) in [7, 11) is 0. The summed E-state index contributed by atoms with van der Waals surface area (Å²) < 4.78 is 5.06. The molecule has 0 spiro atoms. The molecule has 2 rings (SSSR count). The highest BCUT2D eigenvalue weighted by molar-refractivity contribution is 5.61. The summed E-state index contributed by atoms with van der Waals surface area (Å²) in [6.45, 7) is 1.76. The molecule has 1 aromatic carbocycles. The van der Waals surface area contributed by atoms with Gasteiger partial charge >= 0.3 is 0 Å². The lowest BCUT2D eigenvalue weighted by molar-refractivity contribution is 0.293. The molecular formula is C11H12N2O3. The van der Waals surface area contributed by atoms with Crippen LogP contribution in [-0.4, -0.2) is 27.0 Å². The van der Waals surface area contributed by atoms with Gasteiger partial charge in [0, 0.05) is 17.5 Å². The Morgan fingerprint density at radius 3 is 2.94 bits per heavy atom. The smallest absolute Gasteiger partial charge is 0.258 e. The topological polar surface area (TPSA) is 79.4 Å². The van der Waals surface area contributed by atoms with Crippen molar-refractivity contribution in [2.45, 2.75) is 13.3 Å². The Hall–Kier alpha value is -1.88. The zero-order valence-corrected chi connectivity index (χ0v) is 8.84. The highest BCUT2D eigenvalue weighted by Crippen LogP contribution is 2.27. The standard InChI is InChI=1S/C11H12N2O3/c1-7-8(3-2-4-9(7)15)11-12-10(5-6-14)13-16-11/h2-4,14-15H,5-6H2,1H3. The molecule has 0 saturated heterocycles. The van der Waals surface area contributed by atoms with E-state index in [0.717, 1.165) is 0 Å². The number of aromatic nitrogens is 2. The molecule has 0 amide bonds. The molecule has 2 aromatic rings. The normalized spacial score (nSPS) is 10.6. The van der Waals surface area contributed by atoms with E-state index in [1.165, 1.54) is 0 Å². The Bertz CT molecular complexity index is 494. The maximum atomic E-state index is 9.54. The van der Waals surface area contributed by atoms with Gasteiger partial charge in [0.15, 0.2) is 5.82 Å². The molecule has 16 heavy (non-hydrogen) atoms. The van der Waals surface area contributed by atoms with Crippen LogP contribution < -0.4 is 0 Å². The summed E-state index contributed by atoms with van der Waals surface area (Å²) in [6, 6.07) is 5.11. The van der Waals surface area contributed by atoms with Gasteiger partial charge in [-0.3, -0.25) is 0 Å². The largest absolute Gasteiger partial charge is 0.508 e. The number of aliphatic hydroxyl groups is 1. The van der Waals surface area contributed by atoms with Crippen LogP contribution in [0, 0.1) is 6.92 Å². The number of aliphatic hydroxyl groups excluding tert-OH is 1. The van der Waals surface area contributed by atoms with Crippen molar-refractivity contribution in [2.75, 3.05) is 6.61 Å². The summed E-state index contributed by atoms with van der Waals surface area (Å²) >= 11 is 0. The van der Waals surface area contributed by atoms with Crippen LogP contribution in [0.1, 0.15) is 11.4 Å². The van der Waals surface area contributed by atoms with Crippen LogP contribution in [0.25, 0.3) is 11.5 Å². The van der Waals surface area contributed by atoms with Gasteiger partial charge in [-0.05, 0) is 19.1 Å². The monoisotopic (exact) mass is 220 g/mol. The number of hydrogen-bond donors (Lipinski definition) is 2. The molecule has 0 aliphatic heterocycles. The van der Waals surface area contributed by atoms with Crippen molar-refractivity contribution in [1.82, 2.24) is 10.1 Å². The van der Waals surface area contributed by atoms with E-state index in [9.17, 15) is 5.11 Å². The van der Waals surface area contributed by atoms with Gasteiger partial charge in [0.05, 0.1) is 6.61 Å². The zero-order chi connectivity index (χ0) is 11.5. The second kappa shape index (κ2) is 4.32. The van der Waals surface area contributed by atoms with Crippen LogP contribution >= 0.6 is 0 Å². The van der Waals surface area contributed by atoms with Crippen molar-refractivity contribution < 1.29 is 14.7 Å². The lowest BCUT2D eigenvalue weighted by atomic mass is 10.1. The van der Waals surface area contributed by atoms with Crippen LogP contribution in [-0.2, 0) is 6.42 Å². The van der Waals surface area contributed by atoms with Gasteiger partial charge in [0.2, 0.25) is 0 Å². The molecule has 0 radical (unpaired) electrons. The third-order valence-electron chi connectivity index (χ3n) is 2.34. The van der Waals surface area contributed by atoms with Gasteiger partial charge in [0.25, 0.3) is 5.89 Å². The Labute approximate surface area is 92.4 Å². The van der Waals surface area contributed by atoms with Crippen LogP contribution in [0.2, 0.25) is 0 Å². The molecule has 0 fully saturated rings. The maximum absolute atomic E-state index is 9.54. The molecule has 5 nitrogen and oxygen atoms in total. The molecule has 1 heterocycles. The predicted molar refractivity (Wildman–Crippen MR) is 56.9 cm³/mol. The average molecular weight is 220 g/mol. The maximum Gasteiger partial charge on any atom is 0.258 e. The van der Waals surface area contributed by atoms with E-state index in [2.05, 4.69) is 10.1 Å². The van der Waals surface area contributed by atoms with Gasteiger partial charge in [-0.2, -0.15) is 4.98 Å². The summed E-state index contributed by atoms with van der Waals surface area (Å²) in [4.78, 5) is 4.12.